The molecule has 4 heterocycles. The highest BCUT2D eigenvalue weighted by atomic mass is 35.5. The van der Waals surface area contributed by atoms with Crippen LogP contribution in [0.15, 0.2) is 54.7 Å². The summed E-state index contributed by atoms with van der Waals surface area (Å²) in [5, 5.41) is 11.4. The summed E-state index contributed by atoms with van der Waals surface area (Å²) >= 11 is 6.80. The van der Waals surface area contributed by atoms with Gasteiger partial charge in [-0.05, 0) is 104 Å². The van der Waals surface area contributed by atoms with Gasteiger partial charge in [-0.15, -0.1) is 16.1 Å². The molecule has 0 aliphatic carbocycles. The molecule has 3 aromatic heterocycles. The molecule has 0 radical (unpaired) electrons. The van der Waals surface area contributed by atoms with E-state index in [1.807, 2.05) is 77.9 Å². The van der Waals surface area contributed by atoms with Gasteiger partial charge in [0.1, 0.15) is 22.2 Å². The summed E-state index contributed by atoms with van der Waals surface area (Å²) in [6.45, 7) is 17.3. The number of hydrogen-bond acceptors (Lipinski definition) is 8. The van der Waals surface area contributed by atoms with E-state index in [4.69, 9.17) is 31.0 Å². The van der Waals surface area contributed by atoms with Gasteiger partial charge in [-0.25, -0.2) is 9.78 Å². The van der Waals surface area contributed by atoms with E-state index < -0.39 is 45.2 Å². The van der Waals surface area contributed by atoms with Crippen LogP contribution < -0.4 is 9.62 Å². The zero-order chi connectivity index (χ0) is 33.8. The van der Waals surface area contributed by atoms with Crippen LogP contribution in [-0.2, 0) is 26.4 Å². The highest BCUT2D eigenvalue weighted by Gasteiger charge is 2.43. The third-order valence-electron chi connectivity index (χ3n) is 7.66. The monoisotopic (exact) mass is 684 g/mol. The van der Waals surface area contributed by atoms with Crippen molar-refractivity contribution in [3.05, 3.63) is 75.9 Å². The molecule has 3 atom stereocenters. The fourth-order valence-corrected chi connectivity index (χ4v) is 7.76. The second-order valence-electron chi connectivity index (χ2n) is 14.1. The number of aromatic nitrogens is 2. The summed E-state index contributed by atoms with van der Waals surface area (Å²) in [7, 11) is 0. The quantitative estimate of drug-likeness (QED) is 0.186. The van der Waals surface area contributed by atoms with Gasteiger partial charge in [0, 0.05) is 38.2 Å². The summed E-state index contributed by atoms with van der Waals surface area (Å²) in [5.74, 6) is -0.456. The lowest BCUT2D eigenvalue weighted by molar-refractivity contribution is -0.159. The Balaban J connectivity index is 1.63. The molecule has 4 aromatic rings. The van der Waals surface area contributed by atoms with Crippen LogP contribution in [0.5, 0.6) is 0 Å². The molecular weight excluding hydrogens is 644 g/mol. The second-order valence-corrected chi connectivity index (χ2v) is 17.6. The summed E-state index contributed by atoms with van der Waals surface area (Å²) in [5.41, 5.74) is 1.69. The van der Waals surface area contributed by atoms with Crippen molar-refractivity contribution in [2.45, 2.75) is 90.0 Å². The molecule has 1 fully saturated rings. The first-order valence-electron chi connectivity index (χ1n) is 15.0. The average molecular weight is 685 g/mol. The molecular formula is C34H41ClN4O5S2. The maximum atomic E-state index is 13.6. The third-order valence-corrected chi connectivity index (χ3v) is 10.8. The van der Waals surface area contributed by atoms with Gasteiger partial charge in [-0.3, -0.25) is 9.88 Å². The Morgan fingerprint density at radius 2 is 1.85 bits per heavy atom. The number of nitrogens with zero attached hydrogens (tertiary/aromatic N) is 3. The fourth-order valence-electron chi connectivity index (χ4n) is 5.42. The van der Waals surface area contributed by atoms with Gasteiger partial charge in [0.05, 0.1) is 23.0 Å². The largest absolute Gasteiger partial charge is 0.598 e. The Labute approximate surface area is 282 Å². The number of fused-ring (bicyclic) bond motifs is 1. The number of anilines is 1. The lowest BCUT2D eigenvalue weighted by Gasteiger charge is -2.33. The Bertz CT molecular complexity index is 1770. The topological polar surface area (TPSA) is 120 Å². The van der Waals surface area contributed by atoms with Gasteiger partial charge in [-0.1, -0.05) is 29.8 Å². The van der Waals surface area contributed by atoms with E-state index in [1.165, 1.54) is 16.2 Å². The van der Waals surface area contributed by atoms with Gasteiger partial charge < -0.3 is 19.1 Å². The van der Waals surface area contributed by atoms with E-state index in [9.17, 15) is 14.5 Å². The summed E-state index contributed by atoms with van der Waals surface area (Å²) in [4.78, 5) is 23.8. The highest BCUT2D eigenvalue weighted by molar-refractivity contribution is 7.90. The van der Waals surface area contributed by atoms with Crippen LogP contribution in [0.25, 0.3) is 21.3 Å². The molecule has 2 N–H and O–H groups in total. The molecule has 9 nitrogen and oxygen atoms in total. The zero-order valence-electron chi connectivity index (χ0n) is 27.6. The van der Waals surface area contributed by atoms with Crippen molar-refractivity contribution in [1.82, 2.24) is 14.7 Å². The molecule has 5 rings (SSSR count). The SMILES string of the molecule is CC1(C)OC[C@](C)(c2ccnc(-c3cccc4cc(C(N[S@@+]([O-])C(C)(C)C)c5nc(N(C(=O)O)C(C)(C)C)ccc5Cl)sc34)c2)O1. The minimum Gasteiger partial charge on any atom is -0.598 e. The molecule has 1 aliphatic rings. The number of pyridine rings is 2. The van der Waals surface area contributed by atoms with Crippen LogP contribution in [0.2, 0.25) is 5.02 Å². The Morgan fingerprint density at radius 1 is 1.13 bits per heavy atom. The fraction of sp³-hybridized carbons (Fsp3) is 0.441. The predicted molar refractivity (Wildman–Crippen MR) is 186 cm³/mol. The van der Waals surface area contributed by atoms with Crippen LogP contribution in [0.3, 0.4) is 0 Å². The van der Waals surface area contributed by atoms with Crippen molar-refractivity contribution >= 4 is 56.3 Å². The summed E-state index contributed by atoms with van der Waals surface area (Å²) < 4.78 is 29.4. The number of benzene rings is 1. The molecule has 0 bridgehead atoms. The number of ether oxygens (including phenoxy) is 2. The van der Waals surface area contributed by atoms with Crippen molar-refractivity contribution in [2.24, 2.45) is 0 Å². The first-order chi connectivity index (χ1) is 21.3. The third kappa shape index (κ3) is 7.06. The van der Waals surface area contributed by atoms with Crippen LogP contribution in [-0.4, -0.2) is 48.4 Å². The van der Waals surface area contributed by atoms with E-state index in [0.717, 1.165) is 31.8 Å². The molecule has 246 valence electrons. The van der Waals surface area contributed by atoms with Gasteiger partial charge in [0.25, 0.3) is 0 Å². The van der Waals surface area contributed by atoms with Crippen LogP contribution >= 0.6 is 22.9 Å². The average Bonchev–Trinajstić information content (AvgIpc) is 3.51. The lowest BCUT2D eigenvalue weighted by Crippen LogP contribution is -2.46. The van der Waals surface area contributed by atoms with Gasteiger partial charge >= 0.3 is 6.09 Å². The molecule has 0 saturated carbocycles. The van der Waals surface area contributed by atoms with Gasteiger partial charge in [0.15, 0.2) is 5.79 Å². The number of amides is 1. The molecule has 1 aliphatic heterocycles. The summed E-state index contributed by atoms with van der Waals surface area (Å²) in [6.07, 6.45) is 0.650. The maximum Gasteiger partial charge on any atom is 0.413 e. The molecule has 1 unspecified atom stereocenters. The summed E-state index contributed by atoms with van der Waals surface area (Å²) in [6, 6.07) is 14.6. The van der Waals surface area contributed by atoms with Crippen molar-refractivity contribution in [3.63, 3.8) is 0 Å². The number of nitrogens with one attached hydrogen (secondary N) is 1. The van der Waals surface area contributed by atoms with E-state index >= 15 is 0 Å². The molecule has 12 heteroatoms. The molecule has 1 amide bonds. The normalized spacial score (nSPS) is 19.7. The van der Waals surface area contributed by atoms with Crippen molar-refractivity contribution in [2.75, 3.05) is 11.5 Å². The van der Waals surface area contributed by atoms with Crippen LogP contribution in [0, 0.1) is 0 Å². The molecule has 1 aromatic carbocycles. The van der Waals surface area contributed by atoms with Crippen molar-refractivity contribution in [1.29, 1.82) is 0 Å². The number of carboxylic acid groups (broad SMARTS) is 1. The number of carbonyl (C=O) groups is 1. The second kappa shape index (κ2) is 12.4. The Hall–Kier alpha value is -2.77. The van der Waals surface area contributed by atoms with Gasteiger partial charge in [0.2, 0.25) is 0 Å². The molecule has 1 saturated heterocycles. The van der Waals surface area contributed by atoms with Crippen molar-refractivity contribution in [3.8, 4) is 11.3 Å². The van der Waals surface area contributed by atoms with Crippen molar-refractivity contribution < 1.29 is 23.9 Å². The minimum absolute atomic E-state index is 0.227. The molecule has 0 spiro atoms. The number of rotatable bonds is 7. The Morgan fingerprint density at radius 3 is 2.46 bits per heavy atom. The van der Waals surface area contributed by atoms with E-state index in [2.05, 4.69) is 4.72 Å². The van der Waals surface area contributed by atoms with E-state index in [0.29, 0.717) is 17.3 Å². The number of thiophene rings is 1. The zero-order valence-corrected chi connectivity index (χ0v) is 30.0. The van der Waals surface area contributed by atoms with Gasteiger partial charge in [-0.2, -0.15) is 0 Å². The lowest BCUT2D eigenvalue weighted by atomic mass is 9.96. The van der Waals surface area contributed by atoms with E-state index in [-0.39, 0.29) is 5.82 Å². The predicted octanol–water partition coefficient (Wildman–Crippen LogP) is 8.43. The molecule has 46 heavy (non-hydrogen) atoms. The Kier molecular flexibility index (Phi) is 9.28. The first-order valence-corrected chi connectivity index (χ1v) is 17.3. The van der Waals surface area contributed by atoms with Crippen LogP contribution in [0.4, 0.5) is 10.6 Å². The first kappa shape index (κ1) is 34.6. The minimum atomic E-state index is -1.51. The number of halogens is 1. The highest BCUT2D eigenvalue weighted by Crippen LogP contribution is 2.43. The standard InChI is InChI=1S/C34H41ClN4O5S2/c1-31(2,3)39(30(40)41)26-14-13-23(35)27(37-26)28(38-46(42)32(4,5)6)25-17-20-11-10-12-22(29(20)45-25)24-18-21(15-16-36-24)34(9)19-43-33(7,8)44-34/h10-18,28,38H,19H2,1-9H3,(H,40,41)/t28?,34-,46+/m1/s1. The van der Waals surface area contributed by atoms with Crippen LogP contribution in [0.1, 0.15) is 84.5 Å². The smallest absolute Gasteiger partial charge is 0.413 e. The number of hydrogen-bond donors (Lipinski definition) is 2. The maximum absolute atomic E-state index is 13.6. The van der Waals surface area contributed by atoms with E-state index in [1.54, 1.807) is 39.1 Å².